The predicted octanol–water partition coefficient (Wildman–Crippen LogP) is 2.35. The maximum Gasteiger partial charge on any atom is 0.0713 e. The van der Waals surface area contributed by atoms with Gasteiger partial charge in [0.2, 0.25) is 0 Å². The van der Waals surface area contributed by atoms with Crippen molar-refractivity contribution in [3.05, 3.63) is 24.0 Å². The minimum absolute atomic E-state index is 0.253. The third-order valence-electron chi connectivity index (χ3n) is 2.92. The van der Waals surface area contributed by atoms with E-state index in [0.29, 0.717) is 0 Å². The minimum Gasteiger partial charge on any atom is -0.365 e. The molecule has 0 aliphatic heterocycles. The number of rotatable bonds is 7. The molecule has 0 aromatic carbocycles. The number of hydrogen-bond donors (Lipinski definition) is 2. The van der Waals surface area contributed by atoms with Crippen LogP contribution in [0.1, 0.15) is 39.3 Å². The van der Waals surface area contributed by atoms with Crippen molar-refractivity contribution in [2.24, 2.45) is 5.73 Å². The van der Waals surface area contributed by atoms with E-state index in [0.717, 1.165) is 32.4 Å². The molecule has 3 N–H and O–H groups in total. The van der Waals surface area contributed by atoms with Crippen LogP contribution in [0.4, 0.5) is 0 Å². The van der Waals surface area contributed by atoms with Crippen LogP contribution in [-0.4, -0.2) is 28.6 Å². The third kappa shape index (κ3) is 3.65. The lowest BCUT2D eigenvalue weighted by atomic mass is 10.0. The SMILES string of the molecule is CCCN(CCC)C(C)(N)Cc1ccc[nH]1. The molecule has 0 aliphatic rings. The van der Waals surface area contributed by atoms with Crippen molar-refractivity contribution in [1.82, 2.24) is 9.88 Å². The summed E-state index contributed by atoms with van der Waals surface area (Å²) < 4.78 is 0. The van der Waals surface area contributed by atoms with Gasteiger partial charge in [0, 0.05) is 18.3 Å². The summed E-state index contributed by atoms with van der Waals surface area (Å²) in [5.74, 6) is 0. The molecule has 0 aliphatic carbocycles. The Morgan fingerprint density at radius 1 is 1.31 bits per heavy atom. The lowest BCUT2D eigenvalue weighted by Gasteiger charge is -2.38. The lowest BCUT2D eigenvalue weighted by molar-refractivity contribution is 0.107. The number of aromatic nitrogens is 1. The smallest absolute Gasteiger partial charge is 0.0713 e. The molecular formula is C13H25N3. The fraction of sp³-hybridized carbons (Fsp3) is 0.692. The van der Waals surface area contributed by atoms with Crippen LogP contribution < -0.4 is 5.73 Å². The molecule has 0 bridgehead atoms. The second-order valence-corrected chi connectivity index (χ2v) is 4.72. The first-order chi connectivity index (χ1) is 7.60. The average Bonchev–Trinajstić information content (AvgIpc) is 2.69. The van der Waals surface area contributed by atoms with Crippen LogP contribution in [0.2, 0.25) is 0 Å². The molecule has 1 heterocycles. The van der Waals surface area contributed by atoms with E-state index in [2.05, 4.69) is 36.7 Å². The Bertz CT molecular complexity index is 271. The van der Waals surface area contributed by atoms with Gasteiger partial charge in [-0.25, -0.2) is 0 Å². The molecule has 3 nitrogen and oxygen atoms in total. The van der Waals surface area contributed by atoms with Crippen LogP contribution in [0.25, 0.3) is 0 Å². The van der Waals surface area contributed by atoms with Crippen molar-refractivity contribution < 1.29 is 0 Å². The van der Waals surface area contributed by atoms with Crippen molar-refractivity contribution in [3.8, 4) is 0 Å². The van der Waals surface area contributed by atoms with Gasteiger partial charge in [0.05, 0.1) is 5.66 Å². The van der Waals surface area contributed by atoms with Crippen LogP contribution in [0.3, 0.4) is 0 Å². The van der Waals surface area contributed by atoms with Gasteiger partial charge in [-0.2, -0.15) is 0 Å². The monoisotopic (exact) mass is 223 g/mol. The average molecular weight is 223 g/mol. The Kier molecular flexibility index (Phi) is 5.03. The minimum atomic E-state index is -0.253. The summed E-state index contributed by atoms with van der Waals surface area (Å²) >= 11 is 0. The summed E-state index contributed by atoms with van der Waals surface area (Å²) in [6.45, 7) is 8.67. The molecule has 0 saturated carbocycles. The highest BCUT2D eigenvalue weighted by atomic mass is 15.3. The number of nitrogens with two attached hydrogens (primary N) is 1. The van der Waals surface area contributed by atoms with Gasteiger partial charge >= 0.3 is 0 Å². The van der Waals surface area contributed by atoms with E-state index in [4.69, 9.17) is 5.73 Å². The number of H-pyrrole nitrogens is 1. The van der Waals surface area contributed by atoms with E-state index in [1.54, 1.807) is 0 Å². The van der Waals surface area contributed by atoms with Gasteiger partial charge in [0.15, 0.2) is 0 Å². The van der Waals surface area contributed by atoms with Crippen LogP contribution >= 0.6 is 0 Å². The summed E-state index contributed by atoms with van der Waals surface area (Å²) in [6.07, 6.45) is 5.13. The molecule has 0 amide bonds. The van der Waals surface area contributed by atoms with Gasteiger partial charge in [-0.05, 0) is 45.0 Å². The molecule has 0 saturated heterocycles. The molecule has 3 heteroatoms. The van der Waals surface area contributed by atoms with Crippen molar-refractivity contribution in [2.45, 2.75) is 45.7 Å². The first kappa shape index (κ1) is 13.3. The van der Waals surface area contributed by atoms with E-state index >= 15 is 0 Å². The van der Waals surface area contributed by atoms with Crippen LogP contribution in [0, 0.1) is 0 Å². The molecule has 92 valence electrons. The van der Waals surface area contributed by atoms with Gasteiger partial charge in [-0.3, -0.25) is 4.90 Å². The highest BCUT2D eigenvalue weighted by Crippen LogP contribution is 2.15. The van der Waals surface area contributed by atoms with E-state index in [-0.39, 0.29) is 5.66 Å². The Morgan fingerprint density at radius 3 is 2.38 bits per heavy atom. The zero-order valence-electron chi connectivity index (χ0n) is 10.8. The fourth-order valence-electron chi connectivity index (χ4n) is 2.14. The first-order valence-corrected chi connectivity index (χ1v) is 6.26. The highest BCUT2D eigenvalue weighted by Gasteiger charge is 2.26. The summed E-state index contributed by atoms with van der Waals surface area (Å²) in [5.41, 5.74) is 7.39. The summed E-state index contributed by atoms with van der Waals surface area (Å²) in [5, 5.41) is 0. The van der Waals surface area contributed by atoms with Gasteiger partial charge in [0.1, 0.15) is 0 Å². The first-order valence-electron chi connectivity index (χ1n) is 6.26. The number of aromatic amines is 1. The largest absolute Gasteiger partial charge is 0.365 e. The van der Waals surface area contributed by atoms with E-state index in [1.807, 2.05) is 12.3 Å². The second kappa shape index (κ2) is 6.06. The number of nitrogens with zero attached hydrogens (tertiary/aromatic N) is 1. The van der Waals surface area contributed by atoms with Crippen molar-refractivity contribution in [2.75, 3.05) is 13.1 Å². The van der Waals surface area contributed by atoms with Gasteiger partial charge in [0.25, 0.3) is 0 Å². The third-order valence-corrected chi connectivity index (χ3v) is 2.92. The van der Waals surface area contributed by atoms with E-state index in [1.165, 1.54) is 5.69 Å². The molecule has 1 rings (SSSR count). The maximum absolute atomic E-state index is 6.43. The summed E-state index contributed by atoms with van der Waals surface area (Å²) in [6, 6.07) is 4.12. The lowest BCUT2D eigenvalue weighted by Crippen LogP contribution is -2.55. The summed E-state index contributed by atoms with van der Waals surface area (Å²) in [4.78, 5) is 5.61. The fourth-order valence-corrected chi connectivity index (χ4v) is 2.14. The van der Waals surface area contributed by atoms with E-state index in [9.17, 15) is 0 Å². The molecule has 0 radical (unpaired) electrons. The van der Waals surface area contributed by atoms with Gasteiger partial charge in [-0.1, -0.05) is 13.8 Å². The Labute approximate surface area is 99.0 Å². The molecule has 16 heavy (non-hydrogen) atoms. The van der Waals surface area contributed by atoms with Crippen LogP contribution in [0.15, 0.2) is 18.3 Å². The molecule has 0 spiro atoms. The molecule has 1 unspecified atom stereocenters. The van der Waals surface area contributed by atoms with Crippen molar-refractivity contribution in [3.63, 3.8) is 0 Å². The zero-order valence-corrected chi connectivity index (χ0v) is 10.8. The predicted molar refractivity (Wildman–Crippen MR) is 69.2 cm³/mol. The summed E-state index contributed by atoms with van der Waals surface area (Å²) in [7, 11) is 0. The molecule has 1 atom stereocenters. The Morgan fingerprint density at radius 2 is 1.94 bits per heavy atom. The Hall–Kier alpha value is -0.800. The quantitative estimate of drug-likeness (QED) is 0.697. The van der Waals surface area contributed by atoms with Crippen LogP contribution in [0.5, 0.6) is 0 Å². The standard InChI is InChI=1S/C13H25N3/c1-4-9-16(10-5-2)13(3,14)11-12-7-6-8-15-12/h6-8,15H,4-5,9-11,14H2,1-3H3. The molecule has 0 fully saturated rings. The van der Waals surface area contributed by atoms with Crippen molar-refractivity contribution in [1.29, 1.82) is 0 Å². The van der Waals surface area contributed by atoms with E-state index < -0.39 is 0 Å². The topological polar surface area (TPSA) is 45.0 Å². The van der Waals surface area contributed by atoms with Crippen LogP contribution in [-0.2, 0) is 6.42 Å². The maximum atomic E-state index is 6.43. The van der Waals surface area contributed by atoms with Crippen molar-refractivity contribution >= 4 is 0 Å². The normalized spacial score (nSPS) is 15.3. The number of nitrogens with one attached hydrogen (secondary N) is 1. The number of hydrogen-bond acceptors (Lipinski definition) is 2. The molecular weight excluding hydrogens is 198 g/mol. The van der Waals surface area contributed by atoms with Gasteiger partial charge < -0.3 is 10.7 Å². The Balaban J connectivity index is 2.64. The van der Waals surface area contributed by atoms with Gasteiger partial charge in [-0.15, -0.1) is 0 Å². The highest BCUT2D eigenvalue weighted by molar-refractivity contribution is 5.07. The molecule has 1 aromatic heterocycles. The zero-order chi connectivity index (χ0) is 12.0. The second-order valence-electron chi connectivity index (χ2n) is 4.72. The molecule has 1 aromatic rings.